The monoisotopic (exact) mass is 242 g/mol. The van der Waals surface area contributed by atoms with Crippen LogP contribution in [-0.2, 0) is 9.53 Å². The van der Waals surface area contributed by atoms with Crippen LogP contribution in [0.2, 0.25) is 0 Å². The van der Waals surface area contributed by atoms with Gasteiger partial charge in [-0.25, -0.2) is 0 Å². The molecule has 1 amide bonds. The third kappa shape index (κ3) is 2.99. The third-order valence-corrected chi connectivity index (χ3v) is 3.85. The molecule has 1 aliphatic rings. The second kappa shape index (κ2) is 4.58. The summed E-state index contributed by atoms with van der Waals surface area (Å²) in [5.41, 5.74) is 5.01. The van der Waals surface area contributed by atoms with Crippen molar-refractivity contribution in [3.05, 3.63) is 0 Å². The van der Waals surface area contributed by atoms with Crippen molar-refractivity contribution >= 4 is 5.91 Å². The van der Waals surface area contributed by atoms with E-state index in [4.69, 9.17) is 10.5 Å². The number of ether oxygens (including phenoxy) is 1. The maximum absolute atomic E-state index is 12.5. The molecular formula is C13H26N2O2. The van der Waals surface area contributed by atoms with Gasteiger partial charge in [-0.15, -0.1) is 0 Å². The lowest BCUT2D eigenvalue weighted by atomic mass is 9.74. The standard InChI is InChI=1S/C13H26N2O2/c1-9-7-15(8-10(2)17-9)11(16)12(3,4)13(5,6)14/h9-10H,7-8,14H2,1-6H3. The fourth-order valence-electron chi connectivity index (χ4n) is 2.01. The van der Waals surface area contributed by atoms with Crippen LogP contribution in [0.1, 0.15) is 41.5 Å². The third-order valence-electron chi connectivity index (χ3n) is 3.85. The highest BCUT2D eigenvalue weighted by Crippen LogP contribution is 2.31. The van der Waals surface area contributed by atoms with Gasteiger partial charge < -0.3 is 15.4 Å². The fraction of sp³-hybridized carbons (Fsp3) is 0.923. The summed E-state index contributed by atoms with van der Waals surface area (Å²) in [7, 11) is 0. The number of amides is 1. The van der Waals surface area contributed by atoms with Gasteiger partial charge in [-0.3, -0.25) is 4.79 Å². The quantitative estimate of drug-likeness (QED) is 0.796. The number of hydrogen-bond donors (Lipinski definition) is 1. The Morgan fingerprint density at radius 3 is 1.94 bits per heavy atom. The zero-order valence-corrected chi connectivity index (χ0v) is 11.9. The predicted octanol–water partition coefficient (Wildman–Crippen LogP) is 1.39. The van der Waals surface area contributed by atoms with Crippen molar-refractivity contribution in [2.24, 2.45) is 11.1 Å². The average Bonchev–Trinajstić information content (AvgIpc) is 2.13. The molecule has 100 valence electrons. The van der Waals surface area contributed by atoms with Crippen molar-refractivity contribution in [2.75, 3.05) is 13.1 Å². The van der Waals surface area contributed by atoms with E-state index in [0.29, 0.717) is 13.1 Å². The van der Waals surface area contributed by atoms with Gasteiger partial charge in [-0.2, -0.15) is 0 Å². The van der Waals surface area contributed by atoms with Crippen LogP contribution in [-0.4, -0.2) is 41.6 Å². The highest BCUT2D eigenvalue weighted by atomic mass is 16.5. The second-order valence-electron chi connectivity index (χ2n) is 6.31. The minimum Gasteiger partial charge on any atom is -0.372 e. The summed E-state index contributed by atoms with van der Waals surface area (Å²) in [5, 5.41) is 0. The van der Waals surface area contributed by atoms with Crippen LogP contribution in [0.3, 0.4) is 0 Å². The van der Waals surface area contributed by atoms with Gasteiger partial charge in [0.05, 0.1) is 17.6 Å². The van der Waals surface area contributed by atoms with Gasteiger partial charge in [0.2, 0.25) is 5.91 Å². The largest absolute Gasteiger partial charge is 0.372 e. The molecule has 1 aliphatic heterocycles. The molecule has 1 heterocycles. The summed E-state index contributed by atoms with van der Waals surface area (Å²) in [6.07, 6.45) is 0.193. The second-order valence-corrected chi connectivity index (χ2v) is 6.31. The highest BCUT2D eigenvalue weighted by Gasteiger charge is 2.44. The summed E-state index contributed by atoms with van der Waals surface area (Å²) in [4.78, 5) is 14.4. The van der Waals surface area contributed by atoms with Crippen molar-refractivity contribution in [3.8, 4) is 0 Å². The first kappa shape index (κ1) is 14.5. The van der Waals surface area contributed by atoms with Crippen LogP contribution >= 0.6 is 0 Å². The zero-order chi connectivity index (χ0) is 13.4. The summed E-state index contributed by atoms with van der Waals surface area (Å²) in [5.74, 6) is 0.118. The molecule has 4 heteroatoms. The van der Waals surface area contributed by atoms with Gasteiger partial charge in [-0.05, 0) is 41.5 Å². The Morgan fingerprint density at radius 2 is 1.59 bits per heavy atom. The van der Waals surface area contributed by atoms with Crippen molar-refractivity contribution in [1.82, 2.24) is 4.90 Å². The molecule has 1 rings (SSSR count). The smallest absolute Gasteiger partial charge is 0.230 e. The molecule has 17 heavy (non-hydrogen) atoms. The van der Waals surface area contributed by atoms with E-state index < -0.39 is 11.0 Å². The molecule has 2 atom stereocenters. The van der Waals surface area contributed by atoms with Crippen LogP contribution in [0.15, 0.2) is 0 Å². The van der Waals surface area contributed by atoms with E-state index in [2.05, 4.69) is 0 Å². The van der Waals surface area contributed by atoms with Gasteiger partial charge in [0.25, 0.3) is 0 Å². The summed E-state index contributed by atoms with van der Waals surface area (Å²) < 4.78 is 5.64. The van der Waals surface area contributed by atoms with E-state index in [1.807, 2.05) is 46.4 Å². The molecule has 0 bridgehead atoms. The van der Waals surface area contributed by atoms with E-state index in [1.165, 1.54) is 0 Å². The van der Waals surface area contributed by atoms with E-state index >= 15 is 0 Å². The van der Waals surface area contributed by atoms with E-state index in [-0.39, 0.29) is 18.1 Å². The molecule has 1 fully saturated rings. The molecule has 0 radical (unpaired) electrons. The lowest BCUT2D eigenvalue weighted by Gasteiger charge is -2.44. The first-order valence-electron chi connectivity index (χ1n) is 6.29. The zero-order valence-electron chi connectivity index (χ0n) is 11.9. The Labute approximate surface area is 104 Å². The number of carbonyl (C=O) groups excluding carboxylic acids is 1. The minimum atomic E-state index is -0.566. The molecule has 2 N–H and O–H groups in total. The maximum Gasteiger partial charge on any atom is 0.230 e. The fourth-order valence-corrected chi connectivity index (χ4v) is 2.01. The van der Waals surface area contributed by atoms with Crippen LogP contribution in [0.4, 0.5) is 0 Å². The molecule has 0 aromatic rings. The molecule has 2 unspecified atom stereocenters. The molecule has 0 aromatic heterocycles. The summed E-state index contributed by atoms with van der Waals surface area (Å²) in [6.45, 7) is 12.9. The Bertz CT molecular complexity index is 284. The lowest BCUT2D eigenvalue weighted by molar-refractivity contribution is -0.155. The number of nitrogens with zero attached hydrogens (tertiary/aromatic N) is 1. The van der Waals surface area contributed by atoms with Gasteiger partial charge >= 0.3 is 0 Å². The molecular weight excluding hydrogens is 216 g/mol. The highest BCUT2D eigenvalue weighted by molar-refractivity contribution is 5.83. The predicted molar refractivity (Wildman–Crippen MR) is 68.6 cm³/mol. The summed E-state index contributed by atoms with van der Waals surface area (Å²) >= 11 is 0. The van der Waals surface area contributed by atoms with Crippen molar-refractivity contribution in [2.45, 2.75) is 59.3 Å². The summed E-state index contributed by atoms with van der Waals surface area (Å²) in [6, 6.07) is 0. The SMILES string of the molecule is CC1CN(C(=O)C(C)(C)C(C)(C)N)CC(C)O1. The van der Waals surface area contributed by atoms with E-state index in [1.54, 1.807) is 0 Å². The maximum atomic E-state index is 12.5. The molecule has 0 aliphatic carbocycles. The minimum absolute atomic E-state index is 0.0967. The van der Waals surface area contributed by atoms with Crippen LogP contribution in [0.5, 0.6) is 0 Å². The van der Waals surface area contributed by atoms with Gasteiger partial charge in [-0.1, -0.05) is 0 Å². The van der Waals surface area contributed by atoms with Crippen molar-refractivity contribution in [1.29, 1.82) is 0 Å². The number of rotatable bonds is 2. The topological polar surface area (TPSA) is 55.6 Å². The Balaban J connectivity index is 2.83. The van der Waals surface area contributed by atoms with Gasteiger partial charge in [0, 0.05) is 18.6 Å². The first-order chi connectivity index (χ1) is 7.55. The molecule has 4 nitrogen and oxygen atoms in total. The van der Waals surface area contributed by atoms with Crippen LogP contribution < -0.4 is 5.73 Å². The molecule has 0 saturated carbocycles. The first-order valence-corrected chi connectivity index (χ1v) is 6.29. The van der Waals surface area contributed by atoms with E-state index in [9.17, 15) is 4.79 Å². The van der Waals surface area contributed by atoms with Gasteiger partial charge in [0.1, 0.15) is 0 Å². The Morgan fingerprint density at radius 1 is 1.18 bits per heavy atom. The Hall–Kier alpha value is -0.610. The van der Waals surface area contributed by atoms with Crippen molar-refractivity contribution in [3.63, 3.8) is 0 Å². The average molecular weight is 242 g/mol. The number of morpholine rings is 1. The van der Waals surface area contributed by atoms with Crippen molar-refractivity contribution < 1.29 is 9.53 Å². The molecule has 0 aromatic carbocycles. The molecule has 0 spiro atoms. The van der Waals surface area contributed by atoms with Gasteiger partial charge in [0.15, 0.2) is 0 Å². The number of carbonyl (C=O) groups is 1. The normalized spacial score (nSPS) is 27.1. The number of hydrogen-bond acceptors (Lipinski definition) is 3. The Kier molecular flexibility index (Phi) is 3.89. The molecule has 1 saturated heterocycles. The lowest BCUT2D eigenvalue weighted by Crippen LogP contribution is -2.59. The van der Waals surface area contributed by atoms with Crippen LogP contribution in [0, 0.1) is 5.41 Å². The van der Waals surface area contributed by atoms with Crippen LogP contribution in [0.25, 0.3) is 0 Å². The number of nitrogens with two attached hydrogens (primary N) is 1. The van der Waals surface area contributed by atoms with E-state index in [0.717, 1.165) is 0 Å².